The number of rotatable bonds is 15. The van der Waals surface area contributed by atoms with Gasteiger partial charge in [0.1, 0.15) is 0 Å². The topological polar surface area (TPSA) is 4.93 Å². The lowest BCUT2D eigenvalue weighted by Gasteiger charge is -2.15. The smallest absolute Gasteiger partial charge is 0.0619 e. The third-order valence-corrected chi connectivity index (χ3v) is 11.3. The lowest BCUT2D eigenvalue weighted by atomic mass is 9.98. The van der Waals surface area contributed by atoms with Crippen molar-refractivity contribution in [3.63, 3.8) is 0 Å². The van der Waals surface area contributed by atoms with E-state index in [4.69, 9.17) is 0 Å². The van der Waals surface area contributed by atoms with Crippen LogP contribution in [0.25, 0.3) is 58.4 Å². The average molecular weight is 624 g/mol. The van der Waals surface area contributed by atoms with Gasteiger partial charge in [-0.3, -0.25) is 0 Å². The maximum atomic E-state index is 2.60. The summed E-state index contributed by atoms with van der Waals surface area (Å²) in [7, 11) is 0. The van der Waals surface area contributed by atoms with Gasteiger partial charge in [0.15, 0.2) is 0 Å². The molecule has 0 fully saturated rings. The molecule has 46 heavy (non-hydrogen) atoms. The molecule has 1 nitrogen and oxygen atoms in total. The van der Waals surface area contributed by atoms with E-state index in [1.54, 1.807) is 0 Å². The van der Waals surface area contributed by atoms with Crippen molar-refractivity contribution in [2.45, 2.75) is 104 Å². The third kappa shape index (κ3) is 6.21. The van der Waals surface area contributed by atoms with E-state index in [-0.39, 0.29) is 0 Å². The van der Waals surface area contributed by atoms with Crippen LogP contribution in [0.4, 0.5) is 0 Å². The Kier molecular flexibility index (Phi) is 9.73. The number of thiophene rings is 1. The second-order valence-corrected chi connectivity index (χ2v) is 14.5. The highest BCUT2D eigenvalue weighted by atomic mass is 32.1. The van der Waals surface area contributed by atoms with Crippen molar-refractivity contribution in [1.82, 2.24) is 4.57 Å². The predicted molar refractivity (Wildman–Crippen MR) is 205 cm³/mol. The summed E-state index contributed by atoms with van der Waals surface area (Å²) in [5.41, 5.74) is 7.00. The maximum Gasteiger partial charge on any atom is 0.0619 e. The van der Waals surface area contributed by atoms with E-state index in [0.29, 0.717) is 0 Å². The van der Waals surface area contributed by atoms with Gasteiger partial charge in [0.25, 0.3) is 0 Å². The Balaban J connectivity index is 1.34. The third-order valence-electron chi connectivity index (χ3n) is 10.1. The van der Waals surface area contributed by atoms with Gasteiger partial charge in [-0.1, -0.05) is 145 Å². The Morgan fingerprint density at radius 1 is 0.478 bits per heavy atom. The van der Waals surface area contributed by atoms with Crippen molar-refractivity contribution in [2.75, 3.05) is 0 Å². The molecule has 2 heterocycles. The molecule has 0 amide bonds. The van der Waals surface area contributed by atoms with Crippen LogP contribution < -0.4 is 0 Å². The maximum absolute atomic E-state index is 2.60. The summed E-state index contributed by atoms with van der Waals surface area (Å²) < 4.78 is 5.37. The Morgan fingerprint density at radius 3 is 1.67 bits per heavy atom. The monoisotopic (exact) mass is 623 g/mol. The van der Waals surface area contributed by atoms with Crippen LogP contribution in [0.15, 0.2) is 91.0 Å². The number of hydrogen-bond donors (Lipinski definition) is 0. The lowest BCUT2D eigenvalue weighted by molar-refractivity contribution is 0.604. The van der Waals surface area contributed by atoms with Gasteiger partial charge >= 0.3 is 0 Å². The van der Waals surface area contributed by atoms with Gasteiger partial charge in [0, 0.05) is 47.4 Å². The van der Waals surface area contributed by atoms with Gasteiger partial charge in [-0.15, -0.1) is 11.3 Å². The minimum Gasteiger partial charge on any atom is -0.309 e. The fourth-order valence-electron chi connectivity index (χ4n) is 7.70. The quantitative estimate of drug-likeness (QED) is 0.100. The van der Waals surface area contributed by atoms with Crippen LogP contribution in [-0.4, -0.2) is 4.57 Å². The normalized spacial score (nSPS) is 12.0. The van der Waals surface area contributed by atoms with Crippen molar-refractivity contribution in [1.29, 1.82) is 0 Å². The summed E-state index contributed by atoms with van der Waals surface area (Å²) in [6.07, 6.45) is 18.4. The summed E-state index contributed by atoms with van der Waals surface area (Å²) in [4.78, 5) is 0. The predicted octanol–water partition coefficient (Wildman–Crippen LogP) is 14.1. The number of para-hydroxylation sites is 1. The van der Waals surface area contributed by atoms with E-state index in [1.807, 2.05) is 11.3 Å². The van der Waals surface area contributed by atoms with Crippen molar-refractivity contribution in [2.24, 2.45) is 0 Å². The number of aromatic nitrogens is 1. The standard InChI is InChI=1S/C44H49NS/c1-3-5-7-9-11-13-19-32-29-33(20-14-12-10-8-6-4-2)31-34(30-32)45-41-23-17-15-21-35(41)37-25-28-40-38(43(37)45)26-27-39-36-22-16-18-24-42(36)46-44(39)40/h15-18,21-31H,3-14,19-20H2,1-2H3. The number of unbranched alkanes of at least 4 members (excludes halogenated alkanes) is 10. The Bertz CT molecular complexity index is 2060. The highest BCUT2D eigenvalue weighted by molar-refractivity contribution is 7.26. The molecular formula is C44H49NS. The molecule has 2 heteroatoms. The fraction of sp³-hybridized carbons (Fsp3) is 0.364. The van der Waals surface area contributed by atoms with Crippen LogP contribution in [0.5, 0.6) is 0 Å². The average Bonchev–Trinajstić information content (AvgIpc) is 3.64. The lowest BCUT2D eigenvalue weighted by Crippen LogP contribution is -2.00. The highest BCUT2D eigenvalue weighted by Gasteiger charge is 2.18. The van der Waals surface area contributed by atoms with E-state index in [2.05, 4.69) is 109 Å². The molecule has 0 N–H and O–H groups in total. The molecular weight excluding hydrogens is 575 g/mol. The first-order chi connectivity index (χ1) is 22.8. The second-order valence-electron chi connectivity index (χ2n) is 13.5. The minimum atomic E-state index is 1.17. The van der Waals surface area contributed by atoms with Gasteiger partial charge in [-0.25, -0.2) is 0 Å². The first-order valence-electron chi connectivity index (χ1n) is 18.2. The minimum absolute atomic E-state index is 1.17. The van der Waals surface area contributed by atoms with Crippen molar-refractivity contribution < 1.29 is 0 Å². The zero-order valence-corrected chi connectivity index (χ0v) is 28.7. The van der Waals surface area contributed by atoms with E-state index in [9.17, 15) is 0 Å². The zero-order chi connectivity index (χ0) is 31.3. The van der Waals surface area contributed by atoms with Crippen LogP contribution >= 0.6 is 11.3 Å². The van der Waals surface area contributed by atoms with Gasteiger partial charge in [-0.05, 0) is 61.1 Å². The van der Waals surface area contributed by atoms with E-state index >= 15 is 0 Å². The Hall–Kier alpha value is -3.62. The SMILES string of the molecule is CCCCCCCCc1cc(CCCCCCCC)cc(-n2c3ccccc3c3ccc4c(ccc5c6ccccc6sc54)c32)c1. The van der Waals surface area contributed by atoms with Crippen LogP contribution in [0.1, 0.15) is 102 Å². The molecule has 0 aliphatic rings. The molecule has 0 saturated carbocycles. The molecule has 2 aromatic heterocycles. The first kappa shape index (κ1) is 31.0. The molecule has 0 aliphatic heterocycles. The van der Waals surface area contributed by atoms with Crippen molar-refractivity contribution in [3.8, 4) is 5.69 Å². The molecule has 0 bridgehead atoms. The molecule has 0 atom stereocenters. The zero-order valence-electron chi connectivity index (χ0n) is 27.9. The number of benzene rings is 5. The van der Waals surface area contributed by atoms with Crippen LogP contribution in [0, 0.1) is 0 Å². The molecule has 0 unspecified atom stereocenters. The number of aryl methyl sites for hydroxylation is 2. The molecule has 236 valence electrons. The molecule has 7 aromatic rings. The summed E-state index contributed by atoms with van der Waals surface area (Å²) in [5, 5.41) is 8.15. The molecule has 0 radical (unpaired) electrons. The van der Waals surface area contributed by atoms with Gasteiger partial charge < -0.3 is 4.57 Å². The molecule has 7 rings (SSSR count). The Morgan fingerprint density at radius 2 is 1.00 bits per heavy atom. The van der Waals surface area contributed by atoms with E-state index in [0.717, 1.165) is 0 Å². The van der Waals surface area contributed by atoms with Crippen LogP contribution in [0.3, 0.4) is 0 Å². The molecule has 0 saturated heterocycles. The van der Waals surface area contributed by atoms with Crippen LogP contribution in [-0.2, 0) is 12.8 Å². The summed E-state index contributed by atoms with van der Waals surface area (Å²) in [6.45, 7) is 4.61. The highest BCUT2D eigenvalue weighted by Crippen LogP contribution is 2.43. The second kappa shape index (κ2) is 14.4. The number of fused-ring (bicyclic) bond motifs is 9. The van der Waals surface area contributed by atoms with E-state index < -0.39 is 0 Å². The largest absolute Gasteiger partial charge is 0.309 e. The van der Waals surface area contributed by atoms with Gasteiger partial charge in [-0.2, -0.15) is 0 Å². The Labute approximate surface area is 279 Å². The fourth-order valence-corrected chi connectivity index (χ4v) is 8.93. The summed E-state index contributed by atoms with van der Waals surface area (Å²) >= 11 is 1.94. The molecule has 0 spiro atoms. The number of nitrogens with zero attached hydrogens (tertiary/aromatic N) is 1. The van der Waals surface area contributed by atoms with Crippen molar-refractivity contribution in [3.05, 3.63) is 102 Å². The van der Waals surface area contributed by atoms with Crippen molar-refractivity contribution >= 4 is 64.1 Å². The number of hydrogen-bond acceptors (Lipinski definition) is 1. The summed E-state index contributed by atoms with van der Waals surface area (Å²) in [5.74, 6) is 0. The summed E-state index contributed by atoms with van der Waals surface area (Å²) in [6, 6.07) is 35.0. The van der Waals surface area contributed by atoms with Gasteiger partial charge in [0.2, 0.25) is 0 Å². The van der Waals surface area contributed by atoms with Crippen LogP contribution in [0.2, 0.25) is 0 Å². The van der Waals surface area contributed by atoms with Gasteiger partial charge in [0.05, 0.1) is 11.0 Å². The molecule has 0 aliphatic carbocycles. The molecule has 5 aromatic carbocycles. The van der Waals surface area contributed by atoms with E-state index in [1.165, 1.54) is 159 Å². The first-order valence-corrected chi connectivity index (χ1v) is 19.0.